The van der Waals surface area contributed by atoms with E-state index in [4.69, 9.17) is 0 Å². The average molecular weight is 389 g/mol. The second-order valence-electron chi connectivity index (χ2n) is 7.46. The van der Waals surface area contributed by atoms with Crippen LogP contribution in [0.25, 0.3) is 0 Å². The number of carbonyl (C=O) groups excluding carboxylic acids is 3. The Morgan fingerprint density at radius 2 is 1.75 bits per heavy atom. The van der Waals surface area contributed by atoms with E-state index in [1.165, 1.54) is 4.90 Å². The molecular weight excluding hydrogens is 361 g/mol. The maximum absolute atomic E-state index is 13.5. The van der Waals surface area contributed by atoms with Crippen LogP contribution in [0.4, 0.5) is 4.39 Å². The van der Waals surface area contributed by atoms with Crippen molar-refractivity contribution in [2.24, 2.45) is 0 Å². The van der Waals surface area contributed by atoms with Gasteiger partial charge in [-0.15, -0.1) is 0 Å². The molecule has 1 unspecified atom stereocenters. The van der Waals surface area contributed by atoms with Gasteiger partial charge in [0, 0.05) is 32.7 Å². The van der Waals surface area contributed by atoms with E-state index in [1.54, 1.807) is 21.9 Å². The summed E-state index contributed by atoms with van der Waals surface area (Å²) in [5.74, 6) is -1.41. The van der Waals surface area contributed by atoms with E-state index in [0.717, 1.165) is 12.8 Å². The van der Waals surface area contributed by atoms with Crippen LogP contribution >= 0.6 is 0 Å². The predicted molar refractivity (Wildman–Crippen MR) is 103 cm³/mol. The lowest BCUT2D eigenvalue weighted by atomic mass is 10.0. The average Bonchev–Trinajstić information content (AvgIpc) is 2.72. The Morgan fingerprint density at radius 1 is 1.07 bits per heavy atom. The number of hydrogen-bond donors (Lipinski definition) is 0. The molecule has 0 saturated carbocycles. The first-order valence-corrected chi connectivity index (χ1v) is 10.1. The zero-order chi connectivity index (χ0) is 20.1. The van der Waals surface area contributed by atoms with Crippen LogP contribution in [-0.4, -0.2) is 71.3 Å². The third kappa shape index (κ3) is 4.34. The first-order valence-electron chi connectivity index (χ1n) is 10.1. The van der Waals surface area contributed by atoms with E-state index in [0.29, 0.717) is 51.1 Å². The van der Waals surface area contributed by atoms with E-state index in [-0.39, 0.29) is 5.91 Å². The molecule has 6 nitrogen and oxygen atoms in total. The minimum Gasteiger partial charge on any atom is -0.340 e. The van der Waals surface area contributed by atoms with Crippen LogP contribution in [-0.2, 0) is 14.4 Å². The number of alkyl halides is 1. The van der Waals surface area contributed by atoms with Crippen molar-refractivity contribution < 1.29 is 18.8 Å². The molecule has 3 amide bonds. The van der Waals surface area contributed by atoms with Crippen molar-refractivity contribution in [3.8, 4) is 0 Å². The van der Waals surface area contributed by atoms with Gasteiger partial charge in [-0.3, -0.25) is 14.4 Å². The number of halogens is 1. The van der Waals surface area contributed by atoms with Gasteiger partial charge in [-0.25, -0.2) is 4.39 Å². The van der Waals surface area contributed by atoms with E-state index >= 15 is 0 Å². The molecule has 0 spiro atoms. The number of nitrogens with zero attached hydrogens (tertiary/aromatic N) is 3. The molecule has 0 radical (unpaired) electrons. The molecule has 0 aromatic heterocycles. The predicted octanol–water partition coefficient (Wildman–Crippen LogP) is 2.16. The third-order valence-corrected chi connectivity index (χ3v) is 5.52. The standard InChI is InChI=1S/C21H28FN3O3/c1-2-3-11-23-14-15-25(21(28)20(23)27)18(16-7-5-4-6-8-16)19(26)24-12-9-17(22)10-13-24/h4-8,17-18H,2-3,9-15H2,1H3. The van der Waals surface area contributed by atoms with Gasteiger partial charge in [0.15, 0.2) is 0 Å². The molecule has 1 aromatic rings. The quantitative estimate of drug-likeness (QED) is 0.701. The lowest BCUT2D eigenvalue weighted by Crippen LogP contribution is -2.58. The number of benzene rings is 1. The topological polar surface area (TPSA) is 60.9 Å². The summed E-state index contributed by atoms with van der Waals surface area (Å²) in [4.78, 5) is 43.3. The van der Waals surface area contributed by atoms with Crippen molar-refractivity contribution in [1.29, 1.82) is 0 Å². The summed E-state index contributed by atoms with van der Waals surface area (Å²) in [5, 5.41) is 0. The van der Waals surface area contributed by atoms with Crippen molar-refractivity contribution in [3.05, 3.63) is 35.9 Å². The van der Waals surface area contributed by atoms with Crippen LogP contribution in [0.1, 0.15) is 44.2 Å². The van der Waals surface area contributed by atoms with E-state index in [1.807, 2.05) is 25.1 Å². The zero-order valence-corrected chi connectivity index (χ0v) is 16.3. The van der Waals surface area contributed by atoms with Gasteiger partial charge in [-0.1, -0.05) is 43.7 Å². The van der Waals surface area contributed by atoms with Crippen LogP contribution in [0.15, 0.2) is 30.3 Å². The maximum Gasteiger partial charge on any atom is 0.313 e. The molecule has 2 aliphatic rings. The Labute approximate surface area is 165 Å². The number of likely N-dealkylation sites (tertiary alicyclic amines) is 1. The fourth-order valence-electron chi connectivity index (χ4n) is 3.83. The van der Waals surface area contributed by atoms with Crippen molar-refractivity contribution in [1.82, 2.24) is 14.7 Å². The normalized spacial score (nSPS) is 19.9. The minimum atomic E-state index is -0.885. The molecule has 152 valence electrons. The summed E-state index contributed by atoms with van der Waals surface area (Å²) in [6, 6.07) is 8.22. The molecule has 2 heterocycles. The monoisotopic (exact) mass is 389 g/mol. The van der Waals surface area contributed by atoms with Crippen molar-refractivity contribution in [2.75, 3.05) is 32.7 Å². The van der Waals surface area contributed by atoms with Gasteiger partial charge in [-0.2, -0.15) is 0 Å². The Bertz CT molecular complexity index is 704. The Balaban J connectivity index is 1.83. The van der Waals surface area contributed by atoms with Crippen LogP contribution in [0, 0.1) is 0 Å². The largest absolute Gasteiger partial charge is 0.340 e. The third-order valence-electron chi connectivity index (χ3n) is 5.52. The minimum absolute atomic E-state index is 0.235. The summed E-state index contributed by atoms with van der Waals surface area (Å²) in [7, 11) is 0. The Morgan fingerprint density at radius 3 is 2.39 bits per heavy atom. The highest BCUT2D eigenvalue weighted by Gasteiger charge is 2.41. The lowest BCUT2D eigenvalue weighted by molar-refractivity contribution is -0.161. The van der Waals surface area contributed by atoms with Gasteiger partial charge in [0.05, 0.1) is 0 Å². The fraction of sp³-hybridized carbons (Fsp3) is 0.571. The van der Waals surface area contributed by atoms with Gasteiger partial charge >= 0.3 is 11.8 Å². The summed E-state index contributed by atoms with van der Waals surface area (Å²) in [6.45, 7) is 4.01. The summed E-state index contributed by atoms with van der Waals surface area (Å²) in [6.07, 6.45) is 1.52. The number of rotatable bonds is 6. The summed E-state index contributed by atoms with van der Waals surface area (Å²) >= 11 is 0. The van der Waals surface area contributed by atoms with Gasteiger partial charge in [-0.05, 0) is 24.8 Å². The summed E-state index contributed by atoms with van der Waals surface area (Å²) in [5.41, 5.74) is 0.679. The van der Waals surface area contributed by atoms with Gasteiger partial charge in [0.1, 0.15) is 12.2 Å². The zero-order valence-electron chi connectivity index (χ0n) is 16.3. The summed E-state index contributed by atoms with van der Waals surface area (Å²) < 4.78 is 13.5. The molecule has 0 N–H and O–H groups in total. The van der Waals surface area contributed by atoms with Crippen molar-refractivity contribution >= 4 is 17.7 Å². The van der Waals surface area contributed by atoms with Gasteiger partial charge < -0.3 is 14.7 Å². The van der Waals surface area contributed by atoms with Crippen LogP contribution in [0.2, 0.25) is 0 Å². The van der Waals surface area contributed by atoms with Crippen LogP contribution in [0.5, 0.6) is 0 Å². The molecular formula is C21H28FN3O3. The molecule has 0 aliphatic carbocycles. The second-order valence-corrected chi connectivity index (χ2v) is 7.46. The number of piperidine rings is 1. The second kappa shape index (κ2) is 9.17. The highest BCUT2D eigenvalue weighted by Crippen LogP contribution is 2.27. The molecule has 1 aromatic carbocycles. The molecule has 2 saturated heterocycles. The van der Waals surface area contributed by atoms with Crippen molar-refractivity contribution in [3.63, 3.8) is 0 Å². The SMILES string of the molecule is CCCCN1CCN(C(C(=O)N2CCC(F)CC2)c2ccccc2)C(=O)C1=O. The molecule has 3 rings (SSSR count). The first kappa shape index (κ1) is 20.3. The molecule has 28 heavy (non-hydrogen) atoms. The number of amides is 3. The molecule has 0 bridgehead atoms. The molecule has 1 atom stereocenters. The molecule has 7 heteroatoms. The van der Waals surface area contributed by atoms with E-state index < -0.39 is 24.0 Å². The van der Waals surface area contributed by atoms with Crippen molar-refractivity contribution in [2.45, 2.75) is 44.8 Å². The van der Waals surface area contributed by atoms with E-state index in [2.05, 4.69) is 0 Å². The fourth-order valence-corrected chi connectivity index (χ4v) is 3.83. The Kier molecular flexibility index (Phi) is 6.65. The van der Waals surface area contributed by atoms with Gasteiger partial charge in [0.25, 0.3) is 0 Å². The number of piperazine rings is 1. The van der Waals surface area contributed by atoms with Gasteiger partial charge in [0.2, 0.25) is 5.91 Å². The number of unbranched alkanes of at least 4 members (excludes halogenated alkanes) is 1. The highest BCUT2D eigenvalue weighted by atomic mass is 19.1. The number of carbonyl (C=O) groups is 3. The lowest BCUT2D eigenvalue weighted by Gasteiger charge is -2.40. The van der Waals surface area contributed by atoms with Crippen LogP contribution < -0.4 is 0 Å². The molecule has 2 aliphatic heterocycles. The smallest absolute Gasteiger partial charge is 0.313 e. The Hall–Kier alpha value is -2.44. The maximum atomic E-state index is 13.5. The highest BCUT2D eigenvalue weighted by molar-refractivity contribution is 6.35. The number of hydrogen-bond acceptors (Lipinski definition) is 3. The molecule has 2 fully saturated rings. The van der Waals surface area contributed by atoms with E-state index in [9.17, 15) is 18.8 Å². The first-order chi connectivity index (χ1) is 13.5. The van der Waals surface area contributed by atoms with Crippen LogP contribution in [0.3, 0.4) is 0 Å².